The van der Waals surface area contributed by atoms with Crippen molar-refractivity contribution in [1.29, 1.82) is 0 Å². The average Bonchev–Trinajstić information content (AvgIpc) is 2.40. The van der Waals surface area contributed by atoms with Crippen LogP contribution in [0.5, 0.6) is 0 Å². The Balaban J connectivity index is 2.26. The molecule has 1 fully saturated rings. The number of aromatic nitrogens is 3. The maximum Gasteiger partial charge on any atom is 0.230 e. The molecule has 0 amide bonds. The predicted octanol–water partition coefficient (Wildman–Crippen LogP) is 0.727. The fourth-order valence-corrected chi connectivity index (χ4v) is 1.84. The molecule has 0 bridgehead atoms. The van der Waals surface area contributed by atoms with Crippen molar-refractivity contribution < 1.29 is 4.74 Å². The van der Waals surface area contributed by atoms with Crippen LogP contribution in [0.25, 0.3) is 0 Å². The van der Waals surface area contributed by atoms with E-state index in [0.717, 1.165) is 56.9 Å². The van der Waals surface area contributed by atoms with Gasteiger partial charge in [-0.2, -0.15) is 15.0 Å². The molecule has 0 atom stereocenters. The maximum absolute atomic E-state index is 5.35. The summed E-state index contributed by atoms with van der Waals surface area (Å²) in [7, 11) is 3.91. The summed E-state index contributed by atoms with van der Waals surface area (Å²) in [6.45, 7) is 5.32. The molecule has 100 valence electrons. The number of nitrogens with zero attached hydrogens (tertiary/aromatic N) is 5. The van der Waals surface area contributed by atoms with Crippen molar-refractivity contribution in [3.05, 3.63) is 5.82 Å². The molecule has 6 nitrogen and oxygen atoms in total. The lowest BCUT2D eigenvalue weighted by atomic mass is 10.3. The molecule has 0 N–H and O–H groups in total. The summed E-state index contributed by atoms with van der Waals surface area (Å²) in [6, 6.07) is 0. The van der Waals surface area contributed by atoms with Crippen molar-refractivity contribution in [2.24, 2.45) is 0 Å². The van der Waals surface area contributed by atoms with Crippen LogP contribution in [-0.4, -0.2) is 55.4 Å². The first-order valence-corrected chi connectivity index (χ1v) is 6.45. The number of aryl methyl sites for hydroxylation is 1. The van der Waals surface area contributed by atoms with E-state index in [2.05, 4.69) is 26.8 Å². The summed E-state index contributed by atoms with van der Waals surface area (Å²) in [5.41, 5.74) is 0. The Morgan fingerprint density at radius 1 is 1.17 bits per heavy atom. The Kier molecular flexibility index (Phi) is 4.30. The van der Waals surface area contributed by atoms with Gasteiger partial charge in [0.1, 0.15) is 5.82 Å². The van der Waals surface area contributed by atoms with Crippen LogP contribution < -0.4 is 9.80 Å². The highest BCUT2D eigenvalue weighted by Gasteiger charge is 2.16. The third kappa shape index (κ3) is 3.07. The second-order valence-corrected chi connectivity index (χ2v) is 4.60. The van der Waals surface area contributed by atoms with E-state index in [1.807, 2.05) is 19.0 Å². The summed E-state index contributed by atoms with van der Waals surface area (Å²) in [6.07, 6.45) is 1.93. The van der Waals surface area contributed by atoms with Gasteiger partial charge in [-0.3, -0.25) is 0 Å². The highest BCUT2D eigenvalue weighted by molar-refractivity contribution is 5.38. The minimum absolute atomic E-state index is 0.731. The number of hydrogen-bond acceptors (Lipinski definition) is 6. The second-order valence-electron chi connectivity index (χ2n) is 4.60. The first kappa shape index (κ1) is 13.0. The fourth-order valence-electron chi connectivity index (χ4n) is 1.84. The van der Waals surface area contributed by atoms with Crippen LogP contribution in [0, 0.1) is 0 Å². The first-order chi connectivity index (χ1) is 8.70. The quantitative estimate of drug-likeness (QED) is 0.786. The van der Waals surface area contributed by atoms with Gasteiger partial charge in [-0.15, -0.1) is 0 Å². The van der Waals surface area contributed by atoms with E-state index in [9.17, 15) is 0 Å². The minimum Gasteiger partial charge on any atom is -0.378 e. The van der Waals surface area contributed by atoms with Gasteiger partial charge >= 0.3 is 0 Å². The predicted molar refractivity (Wildman–Crippen MR) is 71.2 cm³/mol. The zero-order chi connectivity index (χ0) is 13.0. The van der Waals surface area contributed by atoms with Gasteiger partial charge in [-0.1, -0.05) is 6.92 Å². The highest BCUT2D eigenvalue weighted by Crippen LogP contribution is 2.14. The van der Waals surface area contributed by atoms with Crippen molar-refractivity contribution >= 4 is 11.9 Å². The molecule has 0 aromatic carbocycles. The van der Waals surface area contributed by atoms with E-state index >= 15 is 0 Å². The lowest BCUT2D eigenvalue weighted by Gasteiger charge is -2.27. The van der Waals surface area contributed by atoms with Crippen molar-refractivity contribution in [2.75, 3.05) is 50.2 Å². The molecule has 2 rings (SSSR count). The molecule has 0 aliphatic carbocycles. The SMILES string of the molecule is CCCc1nc(N(C)C)nc(N2CCOCC2)n1. The molecule has 0 spiro atoms. The summed E-state index contributed by atoms with van der Waals surface area (Å²) in [4.78, 5) is 17.6. The Morgan fingerprint density at radius 2 is 1.89 bits per heavy atom. The highest BCUT2D eigenvalue weighted by atomic mass is 16.5. The van der Waals surface area contributed by atoms with Crippen LogP contribution in [0.4, 0.5) is 11.9 Å². The van der Waals surface area contributed by atoms with E-state index in [1.165, 1.54) is 0 Å². The molecule has 6 heteroatoms. The smallest absolute Gasteiger partial charge is 0.230 e. The standard InChI is InChI=1S/C12H21N5O/c1-4-5-10-13-11(16(2)3)15-12(14-10)17-6-8-18-9-7-17/h4-9H2,1-3H3. The van der Waals surface area contributed by atoms with E-state index < -0.39 is 0 Å². The number of rotatable bonds is 4. The van der Waals surface area contributed by atoms with Crippen molar-refractivity contribution in [1.82, 2.24) is 15.0 Å². The van der Waals surface area contributed by atoms with E-state index in [4.69, 9.17) is 4.74 Å². The lowest BCUT2D eigenvalue weighted by Crippen LogP contribution is -2.38. The van der Waals surface area contributed by atoms with Gasteiger partial charge in [0.15, 0.2) is 0 Å². The Bertz CT molecular complexity index is 390. The summed E-state index contributed by atoms with van der Waals surface area (Å²) in [5.74, 6) is 2.38. The minimum atomic E-state index is 0.731. The summed E-state index contributed by atoms with van der Waals surface area (Å²) in [5, 5.41) is 0. The number of anilines is 2. The Labute approximate surface area is 108 Å². The van der Waals surface area contributed by atoms with Gasteiger partial charge in [-0.05, 0) is 6.42 Å². The molecule has 1 aromatic rings. The third-order valence-electron chi connectivity index (χ3n) is 2.83. The molecular formula is C12H21N5O. The molecule has 0 radical (unpaired) electrons. The topological polar surface area (TPSA) is 54.4 Å². The average molecular weight is 251 g/mol. The van der Waals surface area contributed by atoms with Gasteiger partial charge in [-0.25, -0.2) is 0 Å². The molecule has 1 aromatic heterocycles. The van der Waals surface area contributed by atoms with Crippen LogP contribution in [0.2, 0.25) is 0 Å². The zero-order valence-electron chi connectivity index (χ0n) is 11.4. The molecule has 1 aliphatic heterocycles. The van der Waals surface area contributed by atoms with Crippen molar-refractivity contribution in [3.63, 3.8) is 0 Å². The van der Waals surface area contributed by atoms with Gasteiger partial charge < -0.3 is 14.5 Å². The van der Waals surface area contributed by atoms with Gasteiger partial charge in [0.05, 0.1) is 13.2 Å². The van der Waals surface area contributed by atoms with Gasteiger partial charge in [0.2, 0.25) is 11.9 Å². The first-order valence-electron chi connectivity index (χ1n) is 6.45. The zero-order valence-corrected chi connectivity index (χ0v) is 11.4. The number of hydrogen-bond donors (Lipinski definition) is 0. The molecule has 0 saturated carbocycles. The molecule has 2 heterocycles. The van der Waals surface area contributed by atoms with Crippen LogP contribution in [-0.2, 0) is 11.2 Å². The van der Waals surface area contributed by atoms with Crippen LogP contribution in [0.1, 0.15) is 19.2 Å². The third-order valence-corrected chi connectivity index (χ3v) is 2.83. The fraction of sp³-hybridized carbons (Fsp3) is 0.750. The van der Waals surface area contributed by atoms with Crippen LogP contribution >= 0.6 is 0 Å². The molecule has 1 saturated heterocycles. The van der Waals surface area contributed by atoms with E-state index in [0.29, 0.717) is 0 Å². The molecule has 1 aliphatic rings. The Morgan fingerprint density at radius 3 is 2.50 bits per heavy atom. The summed E-state index contributed by atoms with van der Waals surface area (Å²) >= 11 is 0. The maximum atomic E-state index is 5.35. The normalized spacial score (nSPS) is 15.8. The lowest BCUT2D eigenvalue weighted by molar-refractivity contribution is 0.122. The van der Waals surface area contributed by atoms with Gasteiger partial charge in [0.25, 0.3) is 0 Å². The Hall–Kier alpha value is -1.43. The molecular weight excluding hydrogens is 230 g/mol. The monoisotopic (exact) mass is 251 g/mol. The number of morpholine rings is 1. The summed E-state index contributed by atoms with van der Waals surface area (Å²) < 4.78 is 5.35. The van der Waals surface area contributed by atoms with Crippen molar-refractivity contribution in [3.8, 4) is 0 Å². The molecule has 18 heavy (non-hydrogen) atoms. The number of ether oxygens (including phenoxy) is 1. The molecule has 0 unspecified atom stereocenters. The van der Waals surface area contributed by atoms with Crippen LogP contribution in [0.3, 0.4) is 0 Å². The largest absolute Gasteiger partial charge is 0.378 e. The van der Waals surface area contributed by atoms with E-state index in [1.54, 1.807) is 0 Å². The van der Waals surface area contributed by atoms with Crippen molar-refractivity contribution in [2.45, 2.75) is 19.8 Å². The van der Waals surface area contributed by atoms with E-state index in [-0.39, 0.29) is 0 Å². The second kappa shape index (κ2) is 5.95. The van der Waals surface area contributed by atoms with Crippen LogP contribution in [0.15, 0.2) is 0 Å². The van der Waals surface area contributed by atoms with Gasteiger partial charge in [0, 0.05) is 33.6 Å².